The summed E-state index contributed by atoms with van der Waals surface area (Å²) < 4.78 is 5.34. The third kappa shape index (κ3) is 2.77. The van der Waals surface area contributed by atoms with E-state index in [1.807, 2.05) is 26.0 Å². The molecule has 148 valence electrons. The van der Waals surface area contributed by atoms with E-state index in [1.54, 1.807) is 7.11 Å². The number of hydrogen-bond acceptors (Lipinski definition) is 5. The van der Waals surface area contributed by atoms with Gasteiger partial charge >= 0.3 is 0 Å². The van der Waals surface area contributed by atoms with Gasteiger partial charge in [-0.25, -0.2) is 4.98 Å². The smallest absolute Gasteiger partial charge is 0.266 e. The number of aryl methyl sites for hydroxylation is 2. The standard InChI is InChI=1S/C22H27N3O2S/c1-13-21(28-14(2)23-13)22(26)25-12-18(15-4-6-17(27-3)7-5-15)20-19(25)16-8-10-24(20)11-9-16/h4-7,16,18-20H,8-12H2,1-3H3/t18-,19+,20+/m0/s1. The van der Waals surface area contributed by atoms with E-state index in [2.05, 4.69) is 26.9 Å². The minimum absolute atomic E-state index is 0.183. The van der Waals surface area contributed by atoms with Crippen molar-refractivity contribution in [1.82, 2.24) is 14.8 Å². The van der Waals surface area contributed by atoms with Crippen molar-refractivity contribution in [2.75, 3.05) is 26.7 Å². The first-order chi connectivity index (χ1) is 13.6. The number of fused-ring (bicyclic) bond motifs is 2. The number of hydrogen-bond donors (Lipinski definition) is 0. The number of nitrogens with zero attached hydrogens (tertiary/aromatic N) is 3. The monoisotopic (exact) mass is 397 g/mol. The largest absolute Gasteiger partial charge is 0.497 e. The van der Waals surface area contributed by atoms with Gasteiger partial charge in [0, 0.05) is 18.5 Å². The molecule has 1 aromatic carbocycles. The molecular weight excluding hydrogens is 370 g/mol. The van der Waals surface area contributed by atoms with E-state index in [9.17, 15) is 4.79 Å². The van der Waals surface area contributed by atoms with Crippen LogP contribution in [0.4, 0.5) is 0 Å². The highest BCUT2D eigenvalue weighted by Crippen LogP contribution is 2.47. The number of methoxy groups -OCH3 is 1. The SMILES string of the molecule is COc1ccc([C@@H]2CN(C(=O)c3sc(C)nc3C)[C@@H]3C4CCN(CC4)[C@@H]32)cc1. The van der Waals surface area contributed by atoms with Crippen molar-refractivity contribution in [3.8, 4) is 5.75 Å². The molecule has 0 saturated carbocycles. The second-order valence-corrected chi connectivity index (χ2v) is 9.54. The summed E-state index contributed by atoms with van der Waals surface area (Å²) in [5.74, 6) is 2.05. The van der Waals surface area contributed by atoms with Gasteiger partial charge in [-0.05, 0) is 63.4 Å². The van der Waals surface area contributed by atoms with Gasteiger partial charge in [-0.2, -0.15) is 0 Å². The quantitative estimate of drug-likeness (QED) is 0.796. The fourth-order valence-corrected chi connectivity index (χ4v) is 6.53. The maximum atomic E-state index is 13.5. The fourth-order valence-electron chi connectivity index (χ4n) is 5.66. The van der Waals surface area contributed by atoms with Gasteiger partial charge in [-0.3, -0.25) is 9.69 Å². The van der Waals surface area contributed by atoms with Crippen LogP contribution in [0.1, 0.15) is 44.7 Å². The normalized spacial score (nSPS) is 31.1. The first kappa shape index (κ1) is 18.1. The van der Waals surface area contributed by atoms with Crippen molar-refractivity contribution in [3.05, 3.63) is 45.4 Å². The van der Waals surface area contributed by atoms with Crippen LogP contribution in [0.2, 0.25) is 0 Å². The topological polar surface area (TPSA) is 45.7 Å². The molecule has 2 aromatic rings. The molecule has 6 heteroatoms. The second kappa shape index (κ2) is 6.85. The van der Waals surface area contributed by atoms with Gasteiger partial charge in [-0.1, -0.05) is 12.1 Å². The molecule has 0 unspecified atom stereocenters. The van der Waals surface area contributed by atoms with E-state index < -0.39 is 0 Å². The zero-order chi connectivity index (χ0) is 19.4. The predicted molar refractivity (Wildman–Crippen MR) is 110 cm³/mol. The second-order valence-electron chi connectivity index (χ2n) is 8.34. The first-order valence-corrected chi connectivity index (χ1v) is 11.0. The zero-order valence-electron chi connectivity index (χ0n) is 16.7. The van der Waals surface area contributed by atoms with E-state index in [0.29, 0.717) is 23.9 Å². The zero-order valence-corrected chi connectivity index (χ0v) is 17.5. The fraction of sp³-hybridized carbons (Fsp3) is 0.545. The Morgan fingerprint density at radius 1 is 1.14 bits per heavy atom. The highest BCUT2D eigenvalue weighted by Gasteiger charge is 2.54. The van der Waals surface area contributed by atoms with E-state index in [-0.39, 0.29) is 5.91 Å². The molecule has 0 spiro atoms. The maximum absolute atomic E-state index is 13.5. The lowest BCUT2D eigenvalue weighted by Gasteiger charge is -2.51. The van der Waals surface area contributed by atoms with Crippen LogP contribution in [0.5, 0.6) is 5.75 Å². The van der Waals surface area contributed by atoms with Crippen LogP contribution >= 0.6 is 11.3 Å². The molecule has 4 aliphatic heterocycles. The van der Waals surface area contributed by atoms with Crippen LogP contribution in [0.3, 0.4) is 0 Å². The van der Waals surface area contributed by atoms with Gasteiger partial charge in [0.15, 0.2) is 0 Å². The Labute approximate surface area is 170 Å². The van der Waals surface area contributed by atoms with Gasteiger partial charge < -0.3 is 9.64 Å². The van der Waals surface area contributed by atoms with Gasteiger partial charge in [0.2, 0.25) is 0 Å². The summed E-state index contributed by atoms with van der Waals surface area (Å²) in [5, 5.41) is 0.970. The summed E-state index contributed by atoms with van der Waals surface area (Å²) in [5.41, 5.74) is 2.19. The number of rotatable bonds is 3. The third-order valence-corrected chi connectivity index (χ3v) is 7.96. The van der Waals surface area contributed by atoms with Crippen LogP contribution < -0.4 is 4.74 Å². The average Bonchev–Trinajstić information content (AvgIpc) is 3.30. The lowest BCUT2D eigenvalue weighted by molar-refractivity contribution is -0.00328. The molecule has 5 heterocycles. The number of carbonyl (C=O) groups excluding carboxylic acids is 1. The Morgan fingerprint density at radius 3 is 2.46 bits per heavy atom. The molecule has 0 aliphatic carbocycles. The third-order valence-electron chi connectivity index (χ3n) is 6.90. The van der Waals surface area contributed by atoms with Crippen molar-refractivity contribution in [3.63, 3.8) is 0 Å². The van der Waals surface area contributed by atoms with Gasteiger partial charge in [0.25, 0.3) is 5.91 Å². The highest BCUT2D eigenvalue weighted by molar-refractivity contribution is 7.13. The Balaban J connectivity index is 1.51. The molecule has 1 amide bonds. The summed E-state index contributed by atoms with van der Waals surface area (Å²) in [7, 11) is 1.70. The molecule has 4 fully saturated rings. The number of amides is 1. The van der Waals surface area contributed by atoms with Gasteiger partial charge in [-0.15, -0.1) is 11.3 Å². The van der Waals surface area contributed by atoms with Crippen molar-refractivity contribution in [1.29, 1.82) is 0 Å². The van der Waals surface area contributed by atoms with Crippen LogP contribution in [0.15, 0.2) is 24.3 Å². The van der Waals surface area contributed by atoms with Crippen LogP contribution in [-0.4, -0.2) is 59.5 Å². The molecule has 5 nitrogen and oxygen atoms in total. The number of benzene rings is 1. The minimum atomic E-state index is 0.183. The van der Waals surface area contributed by atoms with E-state index in [0.717, 1.165) is 27.9 Å². The lowest BCUT2D eigenvalue weighted by atomic mass is 9.75. The summed E-state index contributed by atoms with van der Waals surface area (Å²) in [6.45, 7) is 7.07. The lowest BCUT2D eigenvalue weighted by Crippen LogP contribution is -2.60. The number of aromatic nitrogens is 1. The molecule has 3 atom stereocenters. The van der Waals surface area contributed by atoms with E-state index in [4.69, 9.17) is 4.74 Å². The molecule has 0 radical (unpaired) electrons. The van der Waals surface area contributed by atoms with E-state index >= 15 is 0 Å². The predicted octanol–water partition coefficient (Wildman–Crippen LogP) is 3.47. The summed E-state index contributed by atoms with van der Waals surface area (Å²) in [4.78, 5) is 23.7. The van der Waals surface area contributed by atoms with E-state index in [1.165, 1.54) is 42.8 Å². The molecule has 28 heavy (non-hydrogen) atoms. The maximum Gasteiger partial charge on any atom is 0.266 e. The van der Waals surface area contributed by atoms with Crippen LogP contribution in [0, 0.1) is 19.8 Å². The molecule has 1 aromatic heterocycles. The van der Waals surface area contributed by atoms with Crippen molar-refractivity contribution < 1.29 is 9.53 Å². The van der Waals surface area contributed by atoms with Crippen molar-refractivity contribution >= 4 is 17.2 Å². The van der Waals surface area contributed by atoms with Crippen LogP contribution in [0.25, 0.3) is 0 Å². The molecular formula is C22H27N3O2S. The van der Waals surface area contributed by atoms with Crippen molar-refractivity contribution in [2.45, 2.75) is 44.7 Å². The number of thiazole rings is 1. The number of carbonyl (C=O) groups is 1. The number of piperidine rings is 3. The average molecular weight is 398 g/mol. The highest BCUT2D eigenvalue weighted by atomic mass is 32.1. The molecule has 2 bridgehead atoms. The molecule has 0 N–H and O–H groups in total. The van der Waals surface area contributed by atoms with Gasteiger partial charge in [0.1, 0.15) is 10.6 Å². The number of ether oxygens (including phenoxy) is 1. The molecule has 6 rings (SSSR count). The van der Waals surface area contributed by atoms with Crippen LogP contribution in [-0.2, 0) is 0 Å². The molecule has 4 saturated heterocycles. The first-order valence-electron chi connectivity index (χ1n) is 10.2. The minimum Gasteiger partial charge on any atom is -0.497 e. The Morgan fingerprint density at radius 2 is 1.86 bits per heavy atom. The summed E-state index contributed by atoms with van der Waals surface area (Å²) in [6, 6.07) is 9.20. The molecule has 4 aliphatic rings. The Hall–Kier alpha value is -1.92. The van der Waals surface area contributed by atoms with Gasteiger partial charge in [0.05, 0.1) is 23.9 Å². The Bertz CT molecular complexity index is 886. The Kier molecular flexibility index (Phi) is 4.43. The van der Waals surface area contributed by atoms with Crippen molar-refractivity contribution in [2.24, 2.45) is 5.92 Å². The summed E-state index contributed by atoms with van der Waals surface area (Å²) >= 11 is 1.54. The number of likely N-dealkylation sites (tertiary alicyclic amines) is 1. The summed E-state index contributed by atoms with van der Waals surface area (Å²) in [6.07, 6.45) is 2.42.